The number of hydrazone groups is 1. The van der Waals surface area contributed by atoms with Gasteiger partial charge in [0.15, 0.2) is 18.1 Å². The Bertz CT molecular complexity index is 1250. The van der Waals surface area contributed by atoms with Gasteiger partial charge >= 0.3 is 0 Å². The lowest BCUT2D eigenvalue weighted by atomic mass is 10.2. The number of aryl methyl sites for hydroxylation is 1. The minimum atomic E-state index is -0.384. The Labute approximate surface area is 218 Å². The number of hydrogen-bond acceptors (Lipinski definition) is 6. The van der Waals surface area contributed by atoms with Crippen molar-refractivity contribution in [3.63, 3.8) is 0 Å². The van der Waals surface area contributed by atoms with E-state index in [4.69, 9.17) is 14.2 Å². The van der Waals surface area contributed by atoms with Crippen molar-refractivity contribution in [2.24, 2.45) is 5.10 Å². The summed E-state index contributed by atoms with van der Waals surface area (Å²) in [7, 11) is 1.52. The fraction of sp³-hybridized carbons (Fsp3) is 0.222. The lowest BCUT2D eigenvalue weighted by molar-refractivity contribution is -0.118. The number of carbonyl (C=O) groups is 2. The second kappa shape index (κ2) is 13.3. The van der Waals surface area contributed by atoms with Gasteiger partial charge < -0.3 is 19.5 Å². The summed E-state index contributed by atoms with van der Waals surface area (Å²) in [6.07, 6.45) is 2.37. The first-order chi connectivity index (χ1) is 17.4. The van der Waals surface area contributed by atoms with Crippen molar-refractivity contribution in [1.29, 1.82) is 0 Å². The molecular formula is C27H28BrN3O5. The molecule has 9 heteroatoms. The fourth-order valence-corrected chi connectivity index (χ4v) is 3.66. The molecular weight excluding hydrogens is 526 g/mol. The van der Waals surface area contributed by atoms with Gasteiger partial charge in [0, 0.05) is 11.3 Å². The zero-order valence-electron chi connectivity index (χ0n) is 20.3. The Morgan fingerprint density at radius 3 is 2.53 bits per heavy atom. The van der Waals surface area contributed by atoms with Crippen LogP contribution in [0.3, 0.4) is 0 Å². The summed E-state index contributed by atoms with van der Waals surface area (Å²) in [5.41, 5.74) is 5.38. The predicted octanol–water partition coefficient (Wildman–Crippen LogP) is 5.34. The van der Waals surface area contributed by atoms with Crippen molar-refractivity contribution in [3.05, 3.63) is 81.8 Å². The SMILES string of the molecule is CCCOc1ccc(C(=O)N/N=C/c2ccc(OCC(=O)Nc3cccc(C)c3)c(Br)c2)cc1OC. The molecule has 0 spiro atoms. The minimum Gasteiger partial charge on any atom is -0.493 e. The maximum absolute atomic E-state index is 12.5. The quantitative estimate of drug-likeness (QED) is 0.247. The Morgan fingerprint density at radius 2 is 1.81 bits per heavy atom. The largest absolute Gasteiger partial charge is 0.493 e. The summed E-state index contributed by atoms with van der Waals surface area (Å²) in [6.45, 7) is 4.39. The summed E-state index contributed by atoms with van der Waals surface area (Å²) in [6, 6.07) is 17.7. The number of nitrogens with zero attached hydrogens (tertiary/aromatic N) is 1. The Hall–Kier alpha value is -3.85. The molecule has 0 bridgehead atoms. The lowest BCUT2D eigenvalue weighted by Crippen LogP contribution is -2.20. The molecule has 3 rings (SSSR count). The number of amides is 2. The molecule has 2 amide bonds. The van der Waals surface area contributed by atoms with Crippen LogP contribution in [0, 0.1) is 6.92 Å². The number of nitrogens with one attached hydrogen (secondary N) is 2. The van der Waals surface area contributed by atoms with Crippen LogP contribution in [0.1, 0.15) is 34.8 Å². The molecule has 0 unspecified atom stereocenters. The summed E-state index contributed by atoms with van der Waals surface area (Å²) in [5, 5.41) is 6.82. The highest BCUT2D eigenvalue weighted by Gasteiger charge is 2.11. The molecule has 0 aromatic heterocycles. The van der Waals surface area contributed by atoms with E-state index < -0.39 is 0 Å². The van der Waals surface area contributed by atoms with E-state index in [1.54, 1.807) is 36.4 Å². The molecule has 0 fully saturated rings. The van der Waals surface area contributed by atoms with E-state index in [0.29, 0.717) is 33.9 Å². The van der Waals surface area contributed by atoms with Crippen LogP contribution in [0.15, 0.2) is 70.2 Å². The van der Waals surface area contributed by atoms with Crippen molar-refractivity contribution >= 4 is 39.6 Å². The summed E-state index contributed by atoms with van der Waals surface area (Å²) >= 11 is 3.44. The molecule has 0 heterocycles. The lowest BCUT2D eigenvalue weighted by Gasteiger charge is -2.11. The smallest absolute Gasteiger partial charge is 0.271 e. The number of rotatable bonds is 11. The summed E-state index contributed by atoms with van der Waals surface area (Å²) < 4.78 is 17.2. The van der Waals surface area contributed by atoms with Crippen LogP contribution in [0.4, 0.5) is 5.69 Å². The van der Waals surface area contributed by atoms with E-state index in [2.05, 4.69) is 31.8 Å². The molecule has 0 aliphatic carbocycles. The van der Waals surface area contributed by atoms with Gasteiger partial charge in [0.2, 0.25) is 0 Å². The van der Waals surface area contributed by atoms with Gasteiger partial charge in [-0.25, -0.2) is 5.43 Å². The highest BCUT2D eigenvalue weighted by Crippen LogP contribution is 2.28. The molecule has 3 aromatic carbocycles. The van der Waals surface area contributed by atoms with Gasteiger partial charge in [0.05, 0.1) is 24.4 Å². The second-order valence-electron chi connectivity index (χ2n) is 7.81. The van der Waals surface area contributed by atoms with Crippen molar-refractivity contribution in [1.82, 2.24) is 5.43 Å². The zero-order valence-corrected chi connectivity index (χ0v) is 21.9. The number of hydrogen-bond donors (Lipinski definition) is 2. The molecule has 0 radical (unpaired) electrons. The maximum Gasteiger partial charge on any atom is 0.271 e. The topological polar surface area (TPSA) is 98.3 Å². The summed E-state index contributed by atoms with van der Waals surface area (Å²) in [5.74, 6) is 0.923. The predicted molar refractivity (Wildman–Crippen MR) is 143 cm³/mol. The highest BCUT2D eigenvalue weighted by molar-refractivity contribution is 9.10. The van der Waals surface area contributed by atoms with Gasteiger partial charge in [0.1, 0.15) is 5.75 Å². The third-order valence-corrected chi connectivity index (χ3v) is 5.50. The van der Waals surface area contributed by atoms with Gasteiger partial charge in [-0.3, -0.25) is 9.59 Å². The molecule has 36 heavy (non-hydrogen) atoms. The van der Waals surface area contributed by atoms with Crippen molar-refractivity contribution in [3.8, 4) is 17.2 Å². The normalized spacial score (nSPS) is 10.7. The number of carbonyl (C=O) groups excluding carboxylic acids is 2. The van der Waals surface area contributed by atoms with Crippen LogP contribution in [-0.4, -0.2) is 38.4 Å². The average molecular weight is 554 g/mol. The van der Waals surface area contributed by atoms with E-state index in [1.165, 1.54) is 13.3 Å². The number of ether oxygens (including phenoxy) is 3. The zero-order chi connectivity index (χ0) is 25.9. The third kappa shape index (κ3) is 7.84. The van der Waals surface area contributed by atoms with Gasteiger partial charge in [-0.1, -0.05) is 19.1 Å². The van der Waals surface area contributed by atoms with Gasteiger partial charge in [-0.05, 0) is 88.9 Å². The molecule has 2 N–H and O–H groups in total. The first-order valence-electron chi connectivity index (χ1n) is 11.3. The van der Waals surface area contributed by atoms with E-state index in [9.17, 15) is 9.59 Å². The maximum atomic E-state index is 12.5. The van der Waals surface area contributed by atoms with E-state index in [0.717, 1.165) is 23.2 Å². The molecule has 0 atom stereocenters. The molecule has 0 saturated carbocycles. The van der Waals surface area contributed by atoms with Crippen LogP contribution in [0.5, 0.6) is 17.2 Å². The highest BCUT2D eigenvalue weighted by atomic mass is 79.9. The monoisotopic (exact) mass is 553 g/mol. The number of halogens is 1. The molecule has 0 saturated heterocycles. The van der Waals surface area contributed by atoms with Crippen molar-refractivity contribution in [2.45, 2.75) is 20.3 Å². The summed E-state index contributed by atoms with van der Waals surface area (Å²) in [4.78, 5) is 24.6. The number of benzene rings is 3. The Morgan fingerprint density at radius 1 is 1.00 bits per heavy atom. The van der Waals surface area contributed by atoms with E-state index in [1.807, 2.05) is 38.1 Å². The van der Waals surface area contributed by atoms with Gasteiger partial charge in [-0.2, -0.15) is 5.10 Å². The number of anilines is 1. The van der Waals surface area contributed by atoms with Crippen LogP contribution in [0.2, 0.25) is 0 Å². The van der Waals surface area contributed by atoms with Crippen LogP contribution >= 0.6 is 15.9 Å². The molecule has 188 valence electrons. The molecule has 0 aliphatic rings. The first kappa shape index (κ1) is 26.7. The van der Waals surface area contributed by atoms with Crippen LogP contribution < -0.4 is 25.0 Å². The third-order valence-electron chi connectivity index (χ3n) is 4.88. The van der Waals surface area contributed by atoms with E-state index in [-0.39, 0.29) is 18.4 Å². The fourth-order valence-electron chi connectivity index (χ4n) is 3.15. The standard InChI is InChI=1S/C27H28BrN3O5/c1-4-12-35-24-11-9-20(15-25(24)34-3)27(33)31-29-16-19-8-10-23(22(28)14-19)36-17-26(32)30-21-7-5-6-18(2)13-21/h5-11,13-16H,4,12,17H2,1-3H3,(H,30,32)(H,31,33)/b29-16+. The Kier molecular flexibility index (Phi) is 9.88. The minimum absolute atomic E-state index is 0.137. The Balaban J connectivity index is 1.53. The second-order valence-corrected chi connectivity index (χ2v) is 8.66. The molecule has 3 aromatic rings. The van der Waals surface area contributed by atoms with Crippen molar-refractivity contribution in [2.75, 3.05) is 25.6 Å². The number of methoxy groups -OCH3 is 1. The molecule has 8 nitrogen and oxygen atoms in total. The first-order valence-corrected chi connectivity index (χ1v) is 12.1. The molecule has 0 aliphatic heterocycles. The van der Waals surface area contributed by atoms with Crippen LogP contribution in [-0.2, 0) is 4.79 Å². The van der Waals surface area contributed by atoms with Crippen molar-refractivity contribution < 1.29 is 23.8 Å². The average Bonchev–Trinajstić information content (AvgIpc) is 2.86. The van der Waals surface area contributed by atoms with Gasteiger partial charge in [0.25, 0.3) is 11.8 Å². The van der Waals surface area contributed by atoms with Gasteiger partial charge in [-0.15, -0.1) is 0 Å². The van der Waals surface area contributed by atoms with Crippen LogP contribution in [0.25, 0.3) is 0 Å². The van der Waals surface area contributed by atoms with E-state index >= 15 is 0 Å².